The van der Waals surface area contributed by atoms with Crippen molar-refractivity contribution in [3.05, 3.63) is 16.4 Å². The summed E-state index contributed by atoms with van der Waals surface area (Å²) in [5, 5.41) is 9.72. The molecular formula is C15H26ClN3S. The van der Waals surface area contributed by atoms with E-state index in [9.17, 15) is 0 Å². The summed E-state index contributed by atoms with van der Waals surface area (Å²) in [5.74, 6) is 1.30. The molecule has 1 aliphatic rings. The van der Waals surface area contributed by atoms with Gasteiger partial charge >= 0.3 is 0 Å². The molecule has 20 heavy (non-hydrogen) atoms. The normalized spacial score (nSPS) is 21.1. The SMILES string of the molecule is CCCNC(Cc1c(Cl)c(C)nn1C)C1CCCCS1. The first-order valence-corrected chi connectivity index (χ1v) is 9.09. The molecule has 0 amide bonds. The highest BCUT2D eigenvalue weighted by atomic mass is 35.5. The highest BCUT2D eigenvalue weighted by Crippen LogP contribution is 2.30. The fourth-order valence-electron chi connectivity index (χ4n) is 2.86. The van der Waals surface area contributed by atoms with Crippen molar-refractivity contribution < 1.29 is 0 Å². The van der Waals surface area contributed by atoms with Crippen LogP contribution in [0, 0.1) is 6.92 Å². The molecule has 1 saturated heterocycles. The third-order valence-electron chi connectivity index (χ3n) is 4.00. The van der Waals surface area contributed by atoms with Crippen molar-refractivity contribution in [2.45, 2.75) is 57.2 Å². The highest BCUT2D eigenvalue weighted by molar-refractivity contribution is 8.00. The molecule has 0 aromatic carbocycles. The molecule has 5 heteroatoms. The number of nitrogens with one attached hydrogen (secondary N) is 1. The smallest absolute Gasteiger partial charge is 0.0847 e. The lowest BCUT2D eigenvalue weighted by Gasteiger charge is -2.30. The molecule has 1 aromatic heterocycles. The number of hydrogen-bond donors (Lipinski definition) is 1. The molecule has 1 aromatic rings. The summed E-state index contributed by atoms with van der Waals surface area (Å²) < 4.78 is 1.95. The Balaban J connectivity index is 2.09. The second-order valence-corrected chi connectivity index (χ2v) is 7.36. The highest BCUT2D eigenvalue weighted by Gasteiger charge is 2.26. The Labute approximate surface area is 131 Å². The van der Waals surface area contributed by atoms with Gasteiger partial charge in [0.05, 0.1) is 16.4 Å². The third kappa shape index (κ3) is 3.92. The molecule has 0 spiro atoms. The van der Waals surface area contributed by atoms with E-state index in [1.165, 1.54) is 37.1 Å². The molecule has 114 valence electrons. The molecule has 2 atom stereocenters. The third-order valence-corrected chi connectivity index (χ3v) is 6.00. The summed E-state index contributed by atoms with van der Waals surface area (Å²) in [7, 11) is 2.00. The minimum absolute atomic E-state index is 0.507. The van der Waals surface area contributed by atoms with Gasteiger partial charge in [-0.05, 0) is 38.5 Å². The summed E-state index contributed by atoms with van der Waals surface area (Å²) in [6.45, 7) is 5.28. The van der Waals surface area contributed by atoms with Crippen LogP contribution in [-0.2, 0) is 13.5 Å². The number of halogens is 1. The van der Waals surface area contributed by atoms with E-state index in [1.54, 1.807) is 0 Å². The first-order valence-electron chi connectivity index (χ1n) is 7.66. The molecule has 3 nitrogen and oxygen atoms in total. The molecule has 1 aliphatic heterocycles. The molecule has 0 radical (unpaired) electrons. The zero-order valence-electron chi connectivity index (χ0n) is 12.8. The second-order valence-electron chi connectivity index (χ2n) is 5.64. The Morgan fingerprint density at radius 1 is 1.50 bits per heavy atom. The number of aromatic nitrogens is 2. The van der Waals surface area contributed by atoms with Gasteiger partial charge in [0.15, 0.2) is 0 Å². The van der Waals surface area contributed by atoms with Crippen LogP contribution in [0.15, 0.2) is 0 Å². The molecule has 0 bridgehead atoms. The molecule has 2 heterocycles. The molecule has 0 saturated carbocycles. The van der Waals surface area contributed by atoms with Crippen molar-refractivity contribution >= 4 is 23.4 Å². The van der Waals surface area contributed by atoms with Gasteiger partial charge in [-0.15, -0.1) is 0 Å². The Kier molecular flexibility index (Phi) is 6.24. The topological polar surface area (TPSA) is 29.9 Å². The van der Waals surface area contributed by atoms with Crippen LogP contribution in [0.25, 0.3) is 0 Å². The van der Waals surface area contributed by atoms with Crippen LogP contribution in [0.4, 0.5) is 0 Å². The Morgan fingerprint density at radius 3 is 2.85 bits per heavy atom. The number of hydrogen-bond acceptors (Lipinski definition) is 3. The van der Waals surface area contributed by atoms with Gasteiger partial charge in [0.2, 0.25) is 0 Å². The number of thioether (sulfide) groups is 1. The van der Waals surface area contributed by atoms with Crippen molar-refractivity contribution in [3.8, 4) is 0 Å². The van der Waals surface area contributed by atoms with Crippen LogP contribution in [0.1, 0.15) is 44.0 Å². The lowest BCUT2D eigenvalue weighted by Crippen LogP contribution is -2.42. The van der Waals surface area contributed by atoms with Crippen LogP contribution >= 0.6 is 23.4 Å². The minimum atomic E-state index is 0.507. The van der Waals surface area contributed by atoms with E-state index in [0.29, 0.717) is 11.3 Å². The lowest BCUT2D eigenvalue weighted by atomic mass is 10.0. The molecule has 1 N–H and O–H groups in total. The van der Waals surface area contributed by atoms with Crippen molar-refractivity contribution in [3.63, 3.8) is 0 Å². The van der Waals surface area contributed by atoms with Crippen LogP contribution in [0.2, 0.25) is 5.02 Å². The fraction of sp³-hybridized carbons (Fsp3) is 0.800. The van der Waals surface area contributed by atoms with E-state index < -0.39 is 0 Å². The summed E-state index contributed by atoms with van der Waals surface area (Å²) in [5.41, 5.74) is 2.11. The lowest BCUT2D eigenvalue weighted by molar-refractivity contribution is 0.451. The zero-order chi connectivity index (χ0) is 14.5. The van der Waals surface area contributed by atoms with E-state index in [1.807, 2.05) is 18.7 Å². The van der Waals surface area contributed by atoms with Crippen LogP contribution < -0.4 is 5.32 Å². The van der Waals surface area contributed by atoms with E-state index >= 15 is 0 Å². The molecule has 2 rings (SSSR count). The molecule has 0 aliphatic carbocycles. The van der Waals surface area contributed by atoms with Crippen LogP contribution in [0.3, 0.4) is 0 Å². The van der Waals surface area contributed by atoms with E-state index in [-0.39, 0.29) is 0 Å². The largest absolute Gasteiger partial charge is 0.312 e. The predicted molar refractivity (Wildman–Crippen MR) is 88.8 cm³/mol. The number of aryl methyl sites for hydroxylation is 2. The minimum Gasteiger partial charge on any atom is -0.312 e. The Morgan fingerprint density at radius 2 is 2.30 bits per heavy atom. The van der Waals surface area contributed by atoms with Gasteiger partial charge in [-0.2, -0.15) is 16.9 Å². The van der Waals surface area contributed by atoms with Crippen molar-refractivity contribution in [2.75, 3.05) is 12.3 Å². The maximum atomic E-state index is 6.41. The van der Waals surface area contributed by atoms with Gasteiger partial charge in [0.1, 0.15) is 0 Å². The quantitative estimate of drug-likeness (QED) is 0.870. The summed E-state index contributed by atoms with van der Waals surface area (Å²) in [6, 6.07) is 0.507. The van der Waals surface area contributed by atoms with Gasteiger partial charge in [0, 0.05) is 24.8 Å². The Hall–Kier alpha value is -0.190. The van der Waals surface area contributed by atoms with Gasteiger partial charge < -0.3 is 5.32 Å². The maximum absolute atomic E-state index is 6.41. The van der Waals surface area contributed by atoms with Gasteiger partial charge in [-0.1, -0.05) is 24.9 Å². The van der Waals surface area contributed by atoms with Crippen LogP contribution in [-0.4, -0.2) is 33.4 Å². The molecular weight excluding hydrogens is 290 g/mol. The molecule has 1 fully saturated rings. The average molecular weight is 316 g/mol. The summed E-state index contributed by atoms with van der Waals surface area (Å²) in [6.07, 6.45) is 6.20. The standard InChI is InChI=1S/C15H26ClN3S/c1-4-8-17-12(14-7-5-6-9-20-14)10-13-15(16)11(2)18-19(13)3/h12,14,17H,4-10H2,1-3H3. The van der Waals surface area contributed by atoms with E-state index in [0.717, 1.165) is 23.7 Å². The summed E-state index contributed by atoms with van der Waals surface area (Å²) >= 11 is 8.54. The van der Waals surface area contributed by atoms with Gasteiger partial charge in [-0.3, -0.25) is 4.68 Å². The first-order chi connectivity index (χ1) is 9.63. The maximum Gasteiger partial charge on any atom is 0.0847 e. The fourth-order valence-corrected chi connectivity index (χ4v) is 4.53. The summed E-state index contributed by atoms with van der Waals surface area (Å²) in [4.78, 5) is 0. The number of nitrogens with zero attached hydrogens (tertiary/aromatic N) is 2. The first kappa shape index (κ1) is 16.2. The van der Waals surface area contributed by atoms with Crippen molar-refractivity contribution in [1.29, 1.82) is 0 Å². The van der Waals surface area contributed by atoms with Gasteiger partial charge in [0.25, 0.3) is 0 Å². The Bertz CT molecular complexity index is 427. The zero-order valence-corrected chi connectivity index (χ0v) is 14.4. The van der Waals surface area contributed by atoms with E-state index in [2.05, 4.69) is 29.1 Å². The van der Waals surface area contributed by atoms with Crippen LogP contribution in [0.5, 0.6) is 0 Å². The van der Waals surface area contributed by atoms with E-state index in [4.69, 9.17) is 11.6 Å². The second kappa shape index (κ2) is 7.71. The monoisotopic (exact) mass is 315 g/mol. The predicted octanol–water partition coefficient (Wildman–Crippen LogP) is 3.58. The van der Waals surface area contributed by atoms with Crippen molar-refractivity contribution in [2.24, 2.45) is 7.05 Å². The molecule has 2 unspecified atom stereocenters. The average Bonchev–Trinajstić information content (AvgIpc) is 2.70. The number of rotatable bonds is 6. The van der Waals surface area contributed by atoms with Crippen molar-refractivity contribution in [1.82, 2.24) is 15.1 Å². The van der Waals surface area contributed by atoms with Gasteiger partial charge in [-0.25, -0.2) is 0 Å².